The second-order valence-electron chi connectivity index (χ2n) is 2.86. The van der Waals surface area contributed by atoms with Crippen LogP contribution in [0.5, 0.6) is 0 Å². The fraction of sp³-hybridized carbons (Fsp3) is 0. The standard InChI is InChI=1S/C9H11N5O2.ClH/c10-8(11)14-9(12)13-6-3-1-2-5(4-6)7(15)16;/h1-4H,(H,15,16)(H6,10,11,12,13,14);1H. The van der Waals surface area contributed by atoms with Crippen LogP contribution in [0.2, 0.25) is 0 Å². The lowest BCUT2D eigenvalue weighted by molar-refractivity contribution is 0.0697. The average Bonchev–Trinajstić information content (AvgIpc) is 2.16. The highest BCUT2D eigenvalue weighted by Crippen LogP contribution is 2.13. The van der Waals surface area contributed by atoms with Gasteiger partial charge in [-0.3, -0.25) is 0 Å². The second kappa shape index (κ2) is 6.33. The van der Waals surface area contributed by atoms with Crippen molar-refractivity contribution < 1.29 is 9.90 Å². The van der Waals surface area contributed by atoms with E-state index in [2.05, 4.69) is 9.98 Å². The maximum absolute atomic E-state index is 10.7. The van der Waals surface area contributed by atoms with E-state index in [-0.39, 0.29) is 29.9 Å². The zero-order valence-corrected chi connectivity index (χ0v) is 9.52. The SMILES string of the molecule is Cl.NC(N)=NC(N)=Nc1cccc(C(=O)O)c1. The fourth-order valence-corrected chi connectivity index (χ4v) is 0.998. The summed E-state index contributed by atoms with van der Waals surface area (Å²) in [5, 5.41) is 8.74. The molecular weight excluding hydrogens is 246 g/mol. The van der Waals surface area contributed by atoms with Gasteiger partial charge in [-0.25, -0.2) is 9.79 Å². The molecule has 0 saturated heterocycles. The molecule has 0 amide bonds. The monoisotopic (exact) mass is 257 g/mol. The molecule has 1 aromatic carbocycles. The van der Waals surface area contributed by atoms with E-state index in [1.54, 1.807) is 12.1 Å². The number of carboxylic acid groups (broad SMARTS) is 1. The van der Waals surface area contributed by atoms with Crippen molar-refractivity contribution in [2.24, 2.45) is 27.2 Å². The van der Waals surface area contributed by atoms with Crippen LogP contribution in [0.25, 0.3) is 0 Å². The second-order valence-corrected chi connectivity index (χ2v) is 2.86. The van der Waals surface area contributed by atoms with Crippen molar-refractivity contribution in [1.29, 1.82) is 0 Å². The molecule has 0 aliphatic heterocycles. The number of aliphatic imine (C=N–C) groups is 2. The molecule has 7 N–H and O–H groups in total. The van der Waals surface area contributed by atoms with Crippen molar-refractivity contribution in [3.63, 3.8) is 0 Å². The number of halogens is 1. The van der Waals surface area contributed by atoms with Crippen LogP contribution in [0.1, 0.15) is 10.4 Å². The minimum Gasteiger partial charge on any atom is -0.478 e. The summed E-state index contributed by atoms with van der Waals surface area (Å²) in [5.41, 5.74) is 16.1. The van der Waals surface area contributed by atoms with Crippen molar-refractivity contribution in [1.82, 2.24) is 0 Å². The summed E-state index contributed by atoms with van der Waals surface area (Å²) in [6.45, 7) is 0. The molecule has 0 radical (unpaired) electrons. The molecule has 0 aliphatic rings. The molecule has 17 heavy (non-hydrogen) atoms. The number of aromatic carboxylic acids is 1. The topological polar surface area (TPSA) is 140 Å². The molecule has 0 spiro atoms. The molecule has 1 aromatic rings. The summed E-state index contributed by atoms with van der Waals surface area (Å²) in [4.78, 5) is 18.0. The zero-order chi connectivity index (χ0) is 12.1. The van der Waals surface area contributed by atoms with Gasteiger partial charge in [-0.2, -0.15) is 4.99 Å². The number of hydrogen-bond acceptors (Lipinski definition) is 2. The normalized spacial score (nSPS) is 10.2. The van der Waals surface area contributed by atoms with Crippen LogP contribution < -0.4 is 17.2 Å². The summed E-state index contributed by atoms with van der Waals surface area (Å²) >= 11 is 0. The minimum atomic E-state index is -1.04. The first-order valence-electron chi connectivity index (χ1n) is 4.26. The predicted molar refractivity (Wildman–Crippen MR) is 67.7 cm³/mol. The lowest BCUT2D eigenvalue weighted by Gasteiger charge is -1.97. The van der Waals surface area contributed by atoms with Crippen LogP contribution in [0.15, 0.2) is 34.3 Å². The van der Waals surface area contributed by atoms with Crippen molar-refractivity contribution >= 4 is 36.0 Å². The van der Waals surface area contributed by atoms with Crippen LogP contribution >= 0.6 is 12.4 Å². The van der Waals surface area contributed by atoms with Crippen LogP contribution in [-0.2, 0) is 0 Å². The van der Waals surface area contributed by atoms with Crippen LogP contribution in [0.3, 0.4) is 0 Å². The largest absolute Gasteiger partial charge is 0.478 e. The Labute approximate surface area is 103 Å². The summed E-state index contributed by atoms with van der Waals surface area (Å²) in [6.07, 6.45) is 0. The number of benzene rings is 1. The van der Waals surface area contributed by atoms with E-state index in [1.807, 2.05) is 0 Å². The Bertz CT molecular complexity index is 468. The lowest BCUT2D eigenvalue weighted by Crippen LogP contribution is -2.26. The van der Waals surface area contributed by atoms with Crippen molar-refractivity contribution in [3.8, 4) is 0 Å². The van der Waals surface area contributed by atoms with Gasteiger partial charge in [0.25, 0.3) is 0 Å². The van der Waals surface area contributed by atoms with Crippen LogP contribution in [0.4, 0.5) is 5.69 Å². The van der Waals surface area contributed by atoms with E-state index in [1.165, 1.54) is 12.1 Å². The number of nitrogens with zero attached hydrogens (tertiary/aromatic N) is 2. The van der Waals surface area contributed by atoms with Gasteiger partial charge in [-0.15, -0.1) is 12.4 Å². The van der Waals surface area contributed by atoms with E-state index in [0.29, 0.717) is 5.69 Å². The third-order valence-electron chi connectivity index (χ3n) is 1.58. The quantitative estimate of drug-likeness (QED) is 0.437. The molecule has 7 nitrogen and oxygen atoms in total. The first-order valence-corrected chi connectivity index (χ1v) is 4.26. The van der Waals surface area contributed by atoms with Gasteiger partial charge in [0, 0.05) is 0 Å². The van der Waals surface area contributed by atoms with Gasteiger partial charge >= 0.3 is 5.97 Å². The van der Waals surface area contributed by atoms with Gasteiger partial charge in [0.15, 0.2) is 5.96 Å². The highest BCUT2D eigenvalue weighted by Gasteiger charge is 2.02. The molecule has 1 rings (SSSR count). The van der Waals surface area contributed by atoms with Crippen molar-refractivity contribution in [2.75, 3.05) is 0 Å². The van der Waals surface area contributed by atoms with E-state index < -0.39 is 5.97 Å². The van der Waals surface area contributed by atoms with Gasteiger partial charge in [0.2, 0.25) is 5.96 Å². The zero-order valence-electron chi connectivity index (χ0n) is 8.70. The Hall–Kier alpha value is -2.28. The summed E-state index contributed by atoms with van der Waals surface area (Å²) in [7, 11) is 0. The number of carbonyl (C=O) groups is 1. The highest BCUT2D eigenvalue weighted by atomic mass is 35.5. The number of carboxylic acids is 1. The molecule has 0 fully saturated rings. The van der Waals surface area contributed by atoms with Crippen molar-refractivity contribution in [3.05, 3.63) is 29.8 Å². The van der Waals surface area contributed by atoms with Crippen molar-refractivity contribution in [2.45, 2.75) is 0 Å². The smallest absolute Gasteiger partial charge is 0.335 e. The lowest BCUT2D eigenvalue weighted by atomic mass is 10.2. The van der Waals surface area contributed by atoms with Gasteiger partial charge in [0.05, 0.1) is 11.3 Å². The number of rotatable bonds is 2. The van der Waals surface area contributed by atoms with Gasteiger partial charge in [0.1, 0.15) is 0 Å². The van der Waals surface area contributed by atoms with E-state index in [0.717, 1.165) is 0 Å². The molecule has 0 bridgehead atoms. The molecule has 0 aliphatic carbocycles. The number of nitrogens with two attached hydrogens (primary N) is 3. The maximum atomic E-state index is 10.7. The van der Waals surface area contributed by atoms with Crippen LogP contribution in [-0.4, -0.2) is 23.0 Å². The number of guanidine groups is 2. The molecule has 92 valence electrons. The molecule has 0 atom stereocenters. The van der Waals surface area contributed by atoms with Gasteiger partial charge < -0.3 is 22.3 Å². The predicted octanol–water partition coefficient (Wildman–Crippen LogP) is 0.0262. The Morgan fingerprint density at radius 2 is 1.88 bits per heavy atom. The van der Waals surface area contributed by atoms with Crippen LogP contribution in [0, 0.1) is 0 Å². The third-order valence-corrected chi connectivity index (χ3v) is 1.58. The Kier molecular flexibility index (Phi) is 5.48. The molecule has 8 heteroatoms. The Balaban J connectivity index is 0.00000256. The average molecular weight is 258 g/mol. The van der Waals surface area contributed by atoms with E-state index in [9.17, 15) is 4.79 Å². The molecule has 0 saturated carbocycles. The fourth-order valence-electron chi connectivity index (χ4n) is 0.998. The number of hydrogen-bond donors (Lipinski definition) is 4. The first kappa shape index (κ1) is 14.7. The van der Waals surface area contributed by atoms with E-state index in [4.69, 9.17) is 22.3 Å². The first-order chi connectivity index (χ1) is 7.49. The third kappa shape index (κ3) is 4.85. The Morgan fingerprint density at radius 3 is 2.41 bits per heavy atom. The molecule has 0 heterocycles. The maximum Gasteiger partial charge on any atom is 0.335 e. The molecule has 0 aromatic heterocycles. The van der Waals surface area contributed by atoms with Gasteiger partial charge in [-0.1, -0.05) is 6.07 Å². The molecular formula is C9H12ClN5O2. The minimum absolute atomic E-state index is 0. The highest BCUT2D eigenvalue weighted by molar-refractivity contribution is 5.94. The summed E-state index contributed by atoms with van der Waals surface area (Å²) < 4.78 is 0. The summed E-state index contributed by atoms with van der Waals surface area (Å²) in [5.74, 6) is -1.39. The van der Waals surface area contributed by atoms with Gasteiger partial charge in [-0.05, 0) is 18.2 Å². The molecule has 0 unspecified atom stereocenters. The summed E-state index contributed by atoms with van der Waals surface area (Å²) in [6, 6.07) is 5.93. The Morgan fingerprint density at radius 1 is 1.24 bits per heavy atom. The van der Waals surface area contributed by atoms with E-state index >= 15 is 0 Å².